The summed E-state index contributed by atoms with van der Waals surface area (Å²) in [4.78, 5) is 17.4. The lowest BCUT2D eigenvalue weighted by molar-refractivity contribution is -0.274. The van der Waals surface area contributed by atoms with Crippen LogP contribution in [0.2, 0.25) is 0 Å². The summed E-state index contributed by atoms with van der Waals surface area (Å²) in [6, 6.07) is 18.7. The van der Waals surface area contributed by atoms with E-state index in [0.717, 1.165) is 27.7 Å². The largest absolute Gasteiger partial charge is 0.573 e. The fourth-order valence-electron chi connectivity index (χ4n) is 4.52. The van der Waals surface area contributed by atoms with Crippen LogP contribution in [0.4, 0.5) is 18.9 Å². The molecule has 1 fully saturated rings. The molecule has 1 atom stereocenters. The summed E-state index contributed by atoms with van der Waals surface area (Å²) in [5, 5.41) is 11.8. The molecule has 8 nitrogen and oxygen atoms in total. The third kappa shape index (κ3) is 6.59. The van der Waals surface area contributed by atoms with Gasteiger partial charge in [0.25, 0.3) is 5.91 Å². The third-order valence-corrected chi connectivity index (χ3v) is 7.41. The van der Waals surface area contributed by atoms with Crippen LogP contribution in [0.3, 0.4) is 0 Å². The van der Waals surface area contributed by atoms with Crippen LogP contribution in [0.5, 0.6) is 11.5 Å². The number of thioether (sulfide) groups is 1. The Balaban J connectivity index is 1.34. The van der Waals surface area contributed by atoms with Crippen molar-refractivity contribution in [2.45, 2.75) is 39.2 Å². The molecule has 5 rings (SSSR count). The molecule has 0 radical (unpaired) electrons. The number of carbonyl (C=O) groups excluding carboxylic acids is 1. The Labute approximate surface area is 244 Å². The van der Waals surface area contributed by atoms with E-state index < -0.39 is 12.5 Å². The minimum atomic E-state index is -4.76. The van der Waals surface area contributed by atoms with E-state index in [1.807, 2.05) is 49.4 Å². The molecule has 2 heterocycles. The molecule has 1 saturated heterocycles. The number of hydrazone groups is 1. The van der Waals surface area contributed by atoms with Crippen LogP contribution < -0.4 is 9.47 Å². The number of hydrogen-bond acceptors (Lipinski definition) is 7. The van der Waals surface area contributed by atoms with E-state index in [9.17, 15) is 18.0 Å². The highest BCUT2D eigenvalue weighted by Crippen LogP contribution is 2.32. The molecule has 1 unspecified atom stereocenters. The first kappa shape index (κ1) is 29.2. The van der Waals surface area contributed by atoms with E-state index >= 15 is 0 Å². The van der Waals surface area contributed by atoms with Gasteiger partial charge in [0.15, 0.2) is 5.17 Å². The number of aryl methyl sites for hydroxylation is 1. The van der Waals surface area contributed by atoms with E-state index in [1.54, 1.807) is 17.9 Å². The topological polar surface area (TPSA) is 81.3 Å². The SMILES string of the molecule is CC(C)c1ccccc1N=C1SCC(=O)N1/N=C\c1ccc2c(C(C)Oc3ccc(OC(F)(F)F)cc3)nn(C)c2c1. The van der Waals surface area contributed by atoms with Crippen LogP contribution in [0.25, 0.3) is 10.9 Å². The maximum Gasteiger partial charge on any atom is 0.573 e. The van der Waals surface area contributed by atoms with Gasteiger partial charge in [-0.15, -0.1) is 13.2 Å². The van der Waals surface area contributed by atoms with Gasteiger partial charge < -0.3 is 9.47 Å². The molecular weight excluding hydrogens is 567 g/mol. The predicted molar refractivity (Wildman–Crippen MR) is 157 cm³/mol. The monoisotopic (exact) mass is 595 g/mol. The molecule has 0 aliphatic carbocycles. The van der Waals surface area contributed by atoms with E-state index in [1.165, 1.54) is 41.0 Å². The number of nitrogens with zero attached hydrogens (tertiary/aromatic N) is 5. The quantitative estimate of drug-likeness (QED) is 0.199. The fraction of sp³-hybridized carbons (Fsp3) is 0.267. The molecule has 1 amide bonds. The number of aromatic nitrogens is 2. The van der Waals surface area contributed by atoms with Gasteiger partial charge in [-0.05, 0) is 60.4 Å². The number of fused-ring (bicyclic) bond motifs is 1. The van der Waals surface area contributed by atoms with Crippen LogP contribution >= 0.6 is 11.8 Å². The van der Waals surface area contributed by atoms with E-state index in [4.69, 9.17) is 9.73 Å². The lowest BCUT2D eigenvalue weighted by atomic mass is 10.0. The van der Waals surface area contributed by atoms with Crippen LogP contribution in [0.1, 0.15) is 49.6 Å². The van der Waals surface area contributed by atoms with Gasteiger partial charge in [-0.2, -0.15) is 15.2 Å². The Morgan fingerprint density at radius 3 is 2.45 bits per heavy atom. The molecule has 0 spiro atoms. The van der Waals surface area contributed by atoms with Gasteiger partial charge in [-0.1, -0.05) is 55.9 Å². The van der Waals surface area contributed by atoms with Crippen molar-refractivity contribution in [2.24, 2.45) is 17.1 Å². The van der Waals surface area contributed by atoms with Gasteiger partial charge in [0.1, 0.15) is 23.3 Å². The molecule has 218 valence electrons. The first-order valence-electron chi connectivity index (χ1n) is 13.1. The van der Waals surface area contributed by atoms with Gasteiger partial charge in [0, 0.05) is 12.4 Å². The van der Waals surface area contributed by atoms with Crippen LogP contribution in [-0.2, 0) is 11.8 Å². The summed E-state index contributed by atoms with van der Waals surface area (Å²) in [6.07, 6.45) is -3.64. The number of para-hydroxylation sites is 1. The second-order valence-corrected chi connectivity index (χ2v) is 10.9. The number of ether oxygens (including phenoxy) is 2. The van der Waals surface area contributed by atoms with Crippen molar-refractivity contribution in [1.82, 2.24) is 14.8 Å². The van der Waals surface area contributed by atoms with Crippen molar-refractivity contribution in [3.8, 4) is 11.5 Å². The predicted octanol–water partition coefficient (Wildman–Crippen LogP) is 7.33. The average Bonchev–Trinajstić information content (AvgIpc) is 3.46. The molecule has 0 saturated carbocycles. The van der Waals surface area contributed by atoms with Crippen LogP contribution in [0.15, 0.2) is 76.8 Å². The number of aliphatic imine (C=N–C) groups is 1. The summed E-state index contributed by atoms with van der Waals surface area (Å²) in [5.74, 6) is 0.450. The molecule has 12 heteroatoms. The number of alkyl halides is 3. The van der Waals surface area contributed by atoms with Gasteiger partial charge in [-0.3, -0.25) is 9.48 Å². The summed E-state index contributed by atoms with van der Waals surface area (Å²) in [5.41, 5.74) is 4.15. The van der Waals surface area contributed by atoms with Crippen molar-refractivity contribution in [2.75, 3.05) is 5.75 Å². The minimum absolute atomic E-state index is 0.148. The second kappa shape index (κ2) is 11.9. The van der Waals surface area contributed by atoms with Crippen LogP contribution in [-0.4, -0.2) is 44.2 Å². The molecule has 1 aliphatic rings. The number of amidine groups is 1. The van der Waals surface area contributed by atoms with E-state index in [-0.39, 0.29) is 23.3 Å². The average molecular weight is 596 g/mol. The van der Waals surface area contributed by atoms with Gasteiger partial charge in [-0.25, -0.2) is 4.99 Å². The first-order chi connectivity index (χ1) is 20.0. The number of rotatable bonds is 8. The van der Waals surface area contributed by atoms with Crippen molar-refractivity contribution in [1.29, 1.82) is 0 Å². The highest BCUT2D eigenvalue weighted by atomic mass is 32.2. The first-order valence-corrected chi connectivity index (χ1v) is 14.1. The smallest absolute Gasteiger partial charge is 0.484 e. The van der Waals surface area contributed by atoms with Crippen molar-refractivity contribution >= 4 is 45.6 Å². The zero-order valence-electron chi connectivity index (χ0n) is 23.3. The standard InChI is InChI=1S/C30H28F3N5O3S/c1-18(2)23-7-5-6-8-25(23)35-29-38(27(39)17-42-29)34-16-20-9-14-24-26(15-20)37(4)36-28(24)19(3)40-21-10-12-22(13-11-21)41-30(31,32)33/h5-16,18-19H,17H2,1-4H3/b34-16-,35-29?. The highest BCUT2D eigenvalue weighted by molar-refractivity contribution is 8.15. The summed E-state index contributed by atoms with van der Waals surface area (Å²) in [7, 11) is 1.81. The maximum atomic E-state index is 12.6. The van der Waals surface area contributed by atoms with E-state index in [2.05, 4.69) is 28.8 Å². The van der Waals surface area contributed by atoms with Crippen molar-refractivity contribution in [3.05, 3.63) is 83.6 Å². The maximum absolute atomic E-state index is 12.6. The van der Waals surface area contributed by atoms with E-state index in [0.29, 0.717) is 16.6 Å². The minimum Gasteiger partial charge on any atom is -0.484 e. The molecule has 1 aliphatic heterocycles. The summed E-state index contributed by atoms with van der Waals surface area (Å²) in [6.45, 7) is 6.01. The molecule has 4 aromatic rings. The van der Waals surface area contributed by atoms with Crippen molar-refractivity contribution < 1.29 is 27.4 Å². The zero-order valence-corrected chi connectivity index (χ0v) is 24.1. The molecular formula is C30H28F3N5O3S. The molecule has 0 N–H and O–H groups in total. The lowest BCUT2D eigenvalue weighted by Gasteiger charge is -2.14. The molecule has 42 heavy (non-hydrogen) atoms. The Morgan fingerprint density at radius 2 is 1.74 bits per heavy atom. The normalized spacial score (nSPS) is 15.9. The van der Waals surface area contributed by atoms with Gasteiger partial charge >= 0.3 is 6.36 Å². The number of hydrogen-bond donors (Lipinski definition) is 0. The summed E-state index contributed by atoms with van der Waals surface area (Å²) < 4.78 is 48.9. The van der Waals surface area contributed by atoms with Gasteiger partial charge in [0.05, 0.1) is 23.2 Å². The molecule has 0 bridgehead atoms. The number of benzene rings is 3. The number of carbonyl (C=O) groups is 1. The third-order valence-electron chi connectivity index (χ3n) is 6.50. The molecule has 3 aromatic carbocycles. The van der Waals surface area contributed by atoms with Crippen LogP contribution in [0, 0.1) is 0 Å². The fourth-order valence-corrected chi connectivity index (χ4v) is 5.33. The second-order valence-electron chi connectivity index (χ2n) is 9.91. The zero-order chi connectivity index (χ0) is 30.0. The Kier molecular flexibility index (Phi) is 8.26. The number of amides is 1. The highest BCUT2D eigenvalue weighted by Gasteiger charge is 2.31. The molecule has 1 aromatic heterocycles. The number of halogens is 3. The Bertz CT molecular complexity index is 1670. The summed E-state index contributed by atoms with van der Waals surface area (Å²) >= 11 is 1.35. The lowest BCUT2D eigenvalue weighted by Crippen LogP contribution is -2.23. The Hall–Kier alpha value is -4.32. The van der Waals surface area contributed by atoms with Crippen molar-refractivity contribution in [3.63, 3.8) is 0 Å². The Morgan fingerprint density at radius 1 is 1.02 bits per heavy atom. The van der Waals surface area contributed by atoms with Gasteiger partial charge in [0.2, 0.25) is 0 Å².